The third kappa shape index (κ3) is 16.1. The summed E-state index contributed by atoms with van der Waals surface area (Å²) in [6.07, 6.45) is -6.53. The Kier molecular flexibility index (Phi) is 22.5. The van der Waals surface area contributed by atoms with E-state index in [-0.39, 0.29) is 43.1 Å². The molecule has 19 atom stereocenters. The Bertz CT molecular complexity index is 2640. The van der Waals surface area contributed by atoms with Crippen molar-refractivity contribution in [3.05, 3.63) is 53.6 Å². The molecule has 83 heavy (non-hydrogen) atoms. The maximum absolute atomic E-state index is 15.1. The number of aromatic nitrogens is 6. The largest absolute Gasteiger partial charge is 0.459 e. The fourth-order valence-corrected chi connectivity index (χ4v) is 13.6. The van der Waals surface area contributed by atoms with Crippen LogP contribution in [-0.2, 0) is 60.8 Å². The molecule has 4 saturated heterocycles. The van der Waals surface area contributed by atoms with Gasteiger partial charge in [0, 0.05) is 84.5 Å². The normalized spacial score (nSPS) is 37.4. The molecule has 4 fully saturated rings. The van der Waals surface area contributed by atoms with Crippen LogP contribution >= 0.6 is 0 Å². The van der Waals surface area contributed by atoms with Gasteiger partial charge in [-0.1, -0.05) is 36.4 Å². The standard InChI is InChI=1S/C57H94FN9O15S/c1-14-46-57(9,73)51(69)37(5)64(11)30-34(2)27-55(7,72)47(26-45(36(4)53(71)81-46)80-48-28-56(8,77-13)52(70)38(6)79-48)82-54-49(68)43(25-35(3)78-54)63(10)20-19-40-32-67(62-59-40)44(29-58)50(76-12)39-15-17-42(18-16-39)66-33-41(60-61-66)31-65-21-23-83(74,75)24-22-65/h15-18,32-38,43-52,54,68-70,72-73H,14,19-31H2,1-13H3/t34-,35-,36-,37-,38+,43+,44-,45+,46-,47-,48+,49-,50-,51-,52+,54+,55-,56-,57-/m1/s1. The summed E-state index contributed by atoms with van der Waals surface area (Å²) < 4.78 is 85.8. The highest BCUT2D eigenvalue weighted by Gasteiger charge is 2.51. The van der Waals surface area contributed by atoms with Crippen LogP contribution in [0.1, 0.15) is 124 Å². The molecule has 5 N–H and O–H groups in total. The number of benzene rings is 1. The number of esters is 1. The number of rotatable bonds is 18. The minimum absolute atomic E-state index is 0.0784. The summed E-state index contributed by atoms with van der Waals surface area (Å²) in [5.41, 5.74) is -1.89. The summed E-state index contributed by atoms with van der Waals surface area (Å²) in [5.74, 6) is -1.80. The summed E-state index contributed by atoms with van der Waals surface area (Å²) in [7, 11) is 3.68. The Morgan fingerprint density at radius 3 is 2.22 bits per heavy atom. The van der Waals surface area contributed by atoms with Gasteiger partial charge in [0.1, 0.15) is 48.8 Å². The molecule has 24 nitrogen and oxygen atoms in total. The minimum atomic E-state index is -3.00. The van der Waals surface area contributed by atoms with Gasteiger partial charge in [-0.2, -0.15) is 0 Å². The summed E-state index contributed by atoms with van der Waals surface area (Å²) in [5, 5.41) is 77.0. The second-order valence-corrected chi connectivity index (χ2v) is 27.0. The van der Waals surface area contributed by atoms with Crippen molar-refractivity contribution >= 4 is 15.8 Å². The molecule has 4 aliphatic rings. The van der Waals surface area contributed by atoms with Crippen LogP contribution in [0.4, 0.5) is 4.39 Å². The molecule has 0 radical (unpaired) electrons. The van der Waals surface area contributed by atoms with Gasteiger partial charge in [-0.3, -0.25) is 9.69 Å². The third-order valence-corrected chi connectivity index (χ3v) is 19.6. The number of hydrogen-bond acceptors (Lipinski definition) is 22. The number of nitrogens with zero attached hydrogens (tertiary/aromatic N) is 9. The van der Waals surface area contributed by atoms with E-state index in [0.717, 1.165) is 5.69 Å². The lowest BCUT2D eigenvalue weighted by atomic mass is 9.83. The van der Waals surface area contributed by atoms with Gasteiger partial charge in [0.15, 0.2) is 22.4 Å². The summed E-state index contributed by atoms with van der Waals surface area (Å²) in [6, 6.07) is 5.37. The summed E-state index contributed by atoms with van der Waals surface area (Å²) in [4.78, 5) is 20.3. The SMILES string of the molecule is CC[C@H]1OC(=O)[C@H](C)[C@@H](O[C@H]2C[C@@](C)(OC)[C@@H](O)[C@H](C)O2)C[C@@H](O[C@@H]2O[C@H](C)C[C@H](N(C)CCc3cn([C@H](CF)[C@H](OC)c4ccc(-n5cc(CN6CCS(=O)(=O)CC6)nn5)cc4)nn3)[C@H]2O)[C@](C)(O)C[C@@H](C)CN(C)[C@H](C)[C@@H](O)[C@]1(C)O. The molecule has 1 aromatic carbocycles. The molecule has 26 heteroatoms. The van der Waals surface area contributed by atoms with E-state index in [1.165, 1.54) is 25.8 Å². The second-order valence-electron chi connectivity index (χ2n) is 24.7. The Morgan fingerprint density at radius 2 is 1.58 bits per heavy atom. The van der Waals surface area contributed by atoms with E-state index < -0.39 is 131 Å². The van der Waals surface area contributed by atoms with Gasteiger partial charge in [-0.05, 0) is 105 Å². The molecule has 4 aliphatic heterocycles. The number of aliphatic hydroxyl groups is 5. The molecule has 470 valence electrons. The van der Waals surface area contributed by atoms with Crippen LogP contribution in [0.5, 0.6) is 0 Å². The molecule has 0 bridgehead atoms. The number of carbonyl (C=O) groups is 1. The van der Waals surface area contributed by atoms with Crippen LogP contribution in [0.3, 0.4) is 0 Å². The molecule has 0 spiro atoms. The van der Waals surface area contributed by atoms with E-state index in [1.807, 2.05) is 66.9 Å². The van der Waals surface area contributed by atoms with Crippen molar-refractivity contribution in [1.82, 2.24) is 44.7 Å². The molecule has 7 rings (SSSR count). The summed E-state index contributed by atoms with van der Waals surface area (Å²) >= 11 is 0. The van der Waals surface area contributed by atoms with Gasteiger partial charge in [0.05, 0.1) is 76.3 Å². The molecule has 0 amide bonds. The van der Waals surface area contributed by atoms with Crippen LogP contribution in [0, 0.1) is 11.8 Å². The van der Waals surface area contributed by atoms with Gasteiger partial charge in [-0.15, -0.1) is 10.2 Å². The van der Waals surface area contributed by atoms with E-state index in [1.54, 1.807) is 58.6 Å². The highest BCUT2D eigenvalue weighted by molar-refractivity contribution is 7.91. The van der Waals surface area contributed by atoms with Crippen LogP contribution in [-0.4, -0.2) is 248 Å². The highest BCUT2D eigenvalue weighted by atomic mass is 32.2. The number of likely N-dealkylation sites (N-methyl/N-ethyl adjacent to an activating group) is 2. The number of sulfone groups is 1. The maximum atomic E-state index is 15.1. The number of cyclic esters (lactones) is 1. The second kappa shape index (κ2) is 28.0. The number of carbonyl (C=O) groups excluding carboxylic acids is 1. The van der Waals surface area contributed by atoms with Gasteiger partial charge in [-0.25, -0.2) is 22.2 Å². The molecule has 0 saturated carbocycles. The van der Waals surface area contributed by atoms with Crippen molar-refractivity contribution in [3.8, 4) is 5.69 Å². The molecule has 2 aromatic heterocycles. The van der Waals surface area contributed by atoms with Crippen LogP contribution in [0.25, 0.3) is 5.69 Å². The number of hydrogen-bond donors (Lipinski definition) is 5. The van der Waals surface area contributed by atoms with Gasteiger partial charge in [0.25, 0.3) is 0 Å². The number of ether oxygens (including phenoxy) is 7. The van der Waals surface area contributed by atoms with Crippen LogP contribution in [0.2, 0.25) is 0 Å². The van der Waals surface area contributed by atoms with Crippen LogP contribution in [0.15, 0.2) is 36.7 Å². The van der Waals surface area contributed by atoms with E-state index in [2.05, 4.69) is 20.6 Å². The smallest absolute Gasteiger partial charge is 0.311 e. The first-order valence-electron chi connectivity index (χ1n) is 29.2. The fourth-order valence-electron chi connectivity index (χ4n) is 12.4. The molecule has 0 unspecified atom stereocenters. The van der Waals surface area contributed by atoms with Gasteiger partial charge >= 0.3 is 5.97 Å². The van der Waals surface area contributed by atoms with E-state index in [4.69, 9.17) is 33.2 Å². The Labute approximate surface area is 488 Å². The first-order valence-corrected chi connectivity index (χ1v) is 31.1. The van der Waals surface area contributed by atoms with Gasteiger partial charge < -0.3 is 68.5 Å². The topological polar surface area (TPSA) is 288 Å². The van der Waals surface area contributed by atoms with E-state index in [0.29, 0.717) is 62.5 Å². The maximum Gasteiger partial charge on any atom is 0.311 e. The number of aliphatic hydroxyl groups excluding tert-OH is 3. The average Bonchev–Trinajstić information content (AvgIpc) is 4.28. The highest BCUT2D eigenvalue weighted by Crippen LogP contribution is 2.39. The average molecular weight is 1200 g/mol. The number of methoxy groups -OCH3 is 2. The van der Waals surface area contributed by atoms with Crippen molar-refractivity contribution in [1.29, 1.82) is 0 Å². The number of halogens is 1. The Morgan fingerprint density at radius 1 is 0.904 bits per heavy atom. The third-order valence-electron chi connectivity index (χ3n) is 18.0. The predicted molar refractivity (Wildman–Crippen MR) is 302 cm³/mol. The van der Waals surface area contributed by atoms with Crippen molar-refractivity contribution < 1.29 is 76.3 Å². The first-order chi connectivity index (χ1) is 39.0. The zero-order valence-electron chi connectivity index (χ0n) is 50.7. The van der Waals surface area contributed by atoms with Crippen molar-refractivity contribution in [2.45, 2.75) is 210 Å². The lowest BCUT2D eigenvalue weighted by Gasteiger charge is -2.47. The van der Waals surface area contributed by atoms with E-state index in [9.17, 15) is 38.7 Å². The monoisotopic (exact) mass is 1200 g/mol. The number of alkyl halides is 1. The Balaban J connectivity index is 1.06. The fraction of sp³-hybridized carbons (Fsp3) is 0.807. The van der Waals surface area contributed by atoms with Gasteiger partial charge in [0.2, 0.25) is 0 Å². The lowest BCUT2D eigenvalue weighted by molar-refractivity contribution is -0.308. The first kappa shape index (κ1) is 66.8. The molecule has 0 aliphatic carbocycles. The predicted octanol–water partition coefficient (Wildman–Crippen LogP) is 2.57. The summed E-state index contributed by atoms with van der Waals surface area (Å²) in [6.45, 7) is 16.9. The molecular weight excluding hydrogens is 1100 g/mol. The van der Waals surface area contributed by atoms with Crippen molar-refractivity contribution in [3.63, 3.8) is 0 Å². The van der Waals surface area contributed by atoms with E-state index >= 15 is 4.39 Å². The van der Waals surface area contributed by atoms with Crippen molar-refractivity contribution in [2.24, 2.45) is 11.8 Å². The molecule has 6 heterocycles. The zero-order valence-corrected chi connectivity index (χ0v) is 51.5. The quantitative estimate of drug-likeness (QED) is 0.114. The zero-order chi connectivity index (χ0) is 60.9. The van der Waals surface area contributed by atoms with Crippen LogP contribution < -0.4 is 0 Å². The van der Waals surface area contributed by atoms with Crippen molar-refractivity contribution in [2.75, 3.05) is 72.7 Å². The lowest BCUT2D eigenvalue weighted by Crippen LogP contribution is -2.59. The Hall–Kier alpha value is -3.71. The molecule has 3 aromatic rings. The minimum Gasteiger partial charge on any atom is -0.459 e. The molecular formula is C57H94FN9O15S.